The number of para-hydroxylation sites is 3. The zero-order valence-corrected chi connectivity index (χ0v) is 20.5. The normalized spacial score (nSPS) is 22.3. The number of hydrogen-bond donors (Lipinski definition) is 2. The molecular weight excluding hydrogens is 503 g/mol. The van der Waals surface area contributed by atoms with Crippen LogP contribution in [0.1, 0.15) is 56.6 Å². The third kappa shape index (κ3) is 5.27. The van der Waals surface area contributed by atoms with Gasteiger partial charge in [0.05, 0.1) is 23.8 Å². The van der Waals surface area contributed by atoms with Crippen molar-refractivity contribution < 1.29 is 37.4 Å². The number of carboxylic acids is 1. The Bertz CT molecular complexity index is 1230. The van der Waals surface area contributed by atoms with Crippen LogP contribution < -0.4 is 15.0 Å². The molecular formula is C27H28F3N3O5. The van der Waals surface area contributed by atoms with Crippen LogP contribution in [0.15, 0.2) is 48.5 Å². The van der Waals surface area contributed by atoms with Gasteiger partial charge in [-0.05, 0) is 49.4 Å². The van der Waals surface area contributed by atoms with Crippen molar-refractivity contribution in [3.8, 4) is 5.75 Å². The Labute approximate surface area is 217 Å². The van der Waals surface area contributed by atoms with Gasteiger partial charge in [-0.3, -0.25) is 14.5 Å². The van der Waals surface area contributed by atoms with Gasteiger partial charge in [-0.25, -0.2) is 4.79 Å². The van der Waals surface area contributed by atoms with Crippen molar-refractivity contribution >= 4 is 29.3 Å². The zero-order valence-electron chi connectivity index (χ0n) is 20.5. The molecule has 0 aromatic heterocycles. The molecule has 0 radical (unpaired) electrons. The van der Waals surface area contributed by atoms with E-state index in [1.165, 1.54) is 18.2 Å². The molecule has 0 saturated heterocycles. The Balaban J connectivity index is 1.48. The van der Waals surface area contributed by atoms with Crippen molar-refractivity contribution in [2.75, 3.05) is 10.2 Å². The van der Waals surface area contributed by atoms with Gasteiger partial charge in [-0.2, -0.15) is 0 Å². The summed E-state index contributed by atoms with van der Waals surface area (Å²) in [5.74, 6) is -1.85. The van der Waals surface area contributed by atoms with E-state index in [0.717, 1.165) is 37.3 Å². The van der Waals surface area contributed by atoms with Gasteiger partial charge in [0.2, 0.25) is 5.91 Å². The topological polar surface area (TPSA) is 99.2 Å². The minimum absolute atomic E-state index is 0.0300. The number of halogens is 3. The summed E-state index contributed by atoms with van der Waals surface area (Å²) >= 11 is 0. The fourth-order valence-electron chi connectivity index (χ4n) is 5.88. The van der Waals surface area contributed by atoms with Crippen molar-refractivity contribution in [2.45, 2.75) is 69.4 Å². The number of benzene rings is 2. The molecule has 11 heteroatoms. The van der Waals surface area contributed by atoms with E-state index < -0.39 is 24.1 Å². The van der Waals surface area contributed by atoms with E-state index in [-0.39, 0.29) is 48.5 Å². The number of aliphatic carboxylic acids is 1. The molecule has 2 N–H and O–H groups in total. The van der Waals surface area contributed by atoms with Crippen molar-refractivity contribution in [1.82, 2.24) is 4.90 Å². The van der Waals surface area contributed by atoms with Gasteiger partial charge in [-0.1, -0.05) is 36.8 Å². The highest BCUT2D eigenvalue weighted by atomic mass is 19.4. The maximum atomic E-state index is 13.7. The number of ether oxygens (including phenoxy) is 1. The highest BCUT2D eigenvalue weighted by molar-refractivity contribution is 6.04. The second kappa shape index (κ2) is 10.2. The quantitative estimate of drug-likeness (QED) is 0.477. The number of amides is 3. The first-order chi connectivity index (χ1) is 18.1. The summed E-state index contributed by atoms with van der Waals surface area (Å²) in [7, 11) is 0. The van der Waals surface area contributed by atoms with E-state index >= 15 is 0 Å². The number of carbonyl (C=O) groups excluding carboxylic acids is 2. The highest BCUT2D eigenvalue weighted by Gasteiger charge is 2.51. The van der Waals surface area contributed by atoms with Crippen LogP contribution in [0.2, 0.25) is 0 Å². The molecule has 2 fully saturated rings. The Morgan fingerprint density at radius 3 is 2.42 bits per heavy atom. The van der Waals surface area contributed by atoms with Crippen LogP contribution >= 0.6 is 0 Å². The van der Waals surface area contributed by atoms with E-state index in [9.17, 15) is 27.6 Å². The number of hydrogen-bond acceptors (Lipinski definition) is 4. The van der Waals surface area contributed by atoms with Gasteiger partial charge in [0.25, 0.3) is 0 Å². The standard InChI is InChI=1S/C27H28F3N3O5/c28-27(29,30)38-22-11-4-2-8-19(22)31-26(37)33-20-9-3-1-6-17(20)25(18-7-5-10-21(18)33)32(16-12-13-16)23(34)14-15-24(35)36/h1-4,6,8-9,11,16,18,21,25H,5,7,10,12-15H2,(H,31,37)(H,35,36). The molecule has 3 amide bonds. The van der Waals surface area contributed by atoms with Crippen LogP contribution in [0.4, 0.5) is 29.3 Å². The van der Waals surface area contributed by atoms with Gasteiger partial charge in [-0.15, -0.1) is 13.2 Å². The van der Waals surface area contributed by atoms with Crippen molar-refractivity contribution in [3.63, 3.8) is 0 Å². The minimum Gasteiger partial charge on any atom is -0.481 e. The summed E-state index contributed by atoms with van der Waals surface area (Å²) in [4.78, 5) is 41.5. The van der Waals surface area contributed by atoms with Crippen molar-refractivity contribution in [3.05, 3.63) is 54.1 Å². The van der Waals surface area contributed by atoms with E-state index in [4.69, 9.17) is 5.11 Å². The van der Waals surface area contributed by atoms with Gasteiger partial charge in [0.15, 0.2) is 5.75 Å². The summed E-state index contributed by atoms with van der Waals surface area (Å²) in [6.07, 6.45) is -1.33. The SMILES string of the molecule is O=C(O)CCC(=O)N(C1CC1)C1c2ccccc2N(C(=O)Nc2ccccc2OC(F)(F)F)C2CCCC21. The van der Waals surface area contributed by atoms with Crippen LogP contribution in [0, 0.1) is 5.92 Å². The van der Waals surface area contributed by atoms with Gasteiger partial charge in [0, 0.05) is 24.4 Å². The second-order valence-corrected chi connectivity index (χ2v) is 9.94. The van der Waals surface area contributed by atoms with Crippen LogP contribution in [-0.2, 0) is 9.59 Å². The smallest absolute Gasteiger partial charge is 0.481 e. The number of alkyl halides is 3. The lowest BCUT2D eigenvalue weighted by atomic mass is 9.81. The Morgan fingerprint density at radius 2 is 1.71 bits per heavy atom. The first-order valence-electron chi connectivity index (χ1n) is 12.7. The number of anilines is 2. The number of urea groups is 1. The molecule has 38 heavy (non-hydrogen) atoms. The molecule has 3 unspecified atom stereocenters. The number of fused-ring (bicyclic) bond motifs is 2. The summed E-state index contributed by atoms with van der Waals surface area (Å²) in [5, 5.41) is 11.7. The van der Waals surface area contributed by atoms with E-state index in [0.29, 0.717) is 12.1 Å². The van der Waals surface area contributed by atoms with E-state index in [1.54, 1.807) is 17.0 Å². The first kappa shape index (κ1) is 25.9. The van der Waals surface area contributed by atoms with Crippen LogP contribution in [0.3, 0.4) is 0 Å². The van der Waals surface area contributed by atoms with Gasteiger partial charge in [0.1, 0.15) is 0 Å². The summed E-state index contributed by atoms with van der Waals surface area (Å²) < 4.78 is 42.9. The lowest BCUT2D eigenvalue weighted by molar-refractivity contribution is -0.274. The van der Waals surface area contributed by atoms with Crippen molar-refractivity contribution in [2.24, 2.45) is 5.92 Å². The molecule has 1 aliphatic heterocycles. The van der Waals surface area contributed by atoms with Crippen molar-refractivity contribution in [1.29, 1.82) is 0 Å². The number of carboxylic acid groups (broad SMARTS) is 1. The maximum absolute atomic E-state index is 13.7. The predicted octanol–water partition coefficient (Wildman–Crippen LogP) is 5.70. The van der Waals surface area contributed by atoms with Gasteiger partial charge >= 0.3 is 18.4 Å². The summed E-state index contributed by atoms with van der Waals surface area (Å²) in [6, 6.07) is 11.5. The molecule has 3 atom stereocenters. The van der Waals surface area contributed by atoms with E-state index in [2.05, 4.69) is 10.1 Å². The Morgan fingerprint density at radius 1 is 1.00 bits per heavy atom. The predicted molar refractivity (Wildman–Crippen MR) is 132 cm³/mol. The lowest BCUT2D eigenvalue weighted by Crippen LogP contribution is -2.54. The monoisotopic (exact) mass is 531 g/mol. The number of nitrogens with one attached hydrogen (secondary N) is 1. The molecule has 0 bridgehead atoms. The third-order valence-electron chi connectivity index (χ3n) is 7.44. The molecule has 2 aliphatic carbocycles. The molecule has 0 spiro atoms. The molecule has 2 saturated carbocycles. The minimum atomic E-state index is -4.91. The molecule has 5 rings (SSSR count). The van der Waals surface area contributed by atoms with Gasteiger partial charge < -0.3 is 20.1 Å². The molecule has 3 aliphatic rings. The van der Waals surface area contributed by atoms with Crippen LogP contribution in [0.5, 0.6) is 5.75 Å². The fraction of sp³-hybridized carbons (Fsp3) is 0.444. The molecule has 1 heterocycles. The molecule has 202 valence electrons. The Kier molecular flexibility index (Phi) is 6.93. The number of carbonyl (C=O) groups is 3. The average molecular weight is 532 g/mol. The third-order valence-corrected chi connectivity index (χ3v) is 7.44. The largest absolute Gasteiger partial charge is 0.573 e. The molecule has 2 aromatic carbocycles. The number of rotatable bonds is 7. The van der Waals surface area contributed by atoms with Crippen LogP contribution in [0.25, 0.3) is 0 Å². The molecule has 2 aromatic rings. The highest BCUT2D eigenvalue weighted by Crippen LogP contribution is 2.52. The summed E-state index contributed by atoms with van der Waals surface area (Å²) in [6.45, 7) is 0. The van der Waals surface area contributed by atoms with E-state index in [1.807, 2.05) is 17.0 Å². The lowest BCUT2D eigenvalue weighted by Gasteiger charge is -2.47. The second-order valence-electron chi connectivity index (χ2n) is 9.94. The first-order valence-corrected chi connectivity index (χ1v) is 12.7. The summed E-state index contributed by atoms with van der Waals surface area (Å²) in [5.41, 5.74) is 1.26. The number of nitrogens with zero attached hydrogens (tertiary/aromatic N) is 2. The van der Waals surface area contributed by atoms with Crippen LogP contribution in [-0.4, -0.2) is 46.4 Å². The Hall–Kier alpha value is -3.76. The molecule has 8 nitrogen and oxygen atoms in total. The average Bonchev–Trinajstić information content (AvgIpc) is 3.58. The fourth-order valence-corrected chi connectivity index (χ4v) is 5.88. The maximum Gasteiger partial charge on any atom is 0.573 e. The zero-order chi connectivity index (χ0) is 27.0.